The van der Waals surface area contributed by atoms with Gasteiger partial charge in [-0.25, -0.2) is 0 Å². The lowest BCUT2D eigenvalue weighted by molar-refractivity contribution is 0.0561. The molecule has 1 aliphatic carbocycles. The normalized spacial score (nSPS) is 19.8. The van der Waals surface area contributed by atoms with Gasteiger partial charge in [-0.15, -0.1) is 0 Å². The van der Waals surface area contributed by atoms with E-state index in [2.05, 4.69) is 57.3 Å². The predicted molar refractivity (Wildman–Crippen MR) is 90.2 cm³/mol. The molecule has 1 unspecified atom stereocenters. The van der Waals surface area contributed by atoms with Crippen molar-refractivity contribution in [2.24, 2.45) is 5.84 Å². The minimum Gasteiger partial charge on any atom is -0.302 e. The Kier molecular flexibility index (Phi) is 5.07. The molecule has 1 saturated carbocycles. The largest absolute Gasteiger partial charge is 0.302 e. The topological polar surface area (TPSA) is 41.3 Å². The second-order valence-electron chi connectivity index (χ2n) is 6.95. The predicted octanol–water partition coefficient (Wildman–Crippen LogP) is 3.38. The Morgan fingerprint density at radius 3 is 2.10 bits per heavy atom. The van der Waals surface area contributed by atoms with Crippen LogP contribution in [0.1, 0.15) is 60.4 Å². The van der Waals surface area contributed by atoms with E-state index in [0.29, 0.717) is 0 Å². The minimum atomic E-state index is 0.124. The highest BCUT2D eigenvalue weighted by Crippen LogP contribution is 2.42. The van der Waals surface area contributed by atoms with E-state index in [4.69, 9.17) is 5.84 Å². The van der Waals surface area contributed by atoms with Crippen molar-refractivity contribution in [1.82, 2.24) is 10.3 Å². The van der Waals surface area contributed by atoms with Gasteiger partial charge in [-0.05, 0) is 70.0 Å². The van der Waals surface area contributed by atoms with E-state index in [1.807, 2.05) is 0 Å². The van der Waals surface area contributed by atoms with Gasteiger partial charge in [0.1, 0.15) is 0 Å². The quantitative estimate of drug-likeness (QED) is 0.659. The number of hydrazine groups is 1. The van der Waals surface area contributed by atoms with Gasteiger partial charge in [0.15, 0.2) is 0 Å². The maximum atomic E-state index is 6.04. The lowest BCUT2D eigenvalue weighted by Crippen LogP contribution is -2.56. The number of nitrogens with one attached hydrogen (secondary N) is 1. The highest BCUT2D eigenvalue weighted by atomic mass is 15.3. The van der Waals surface area contributed by atoms with Crippen LogP contribution in [0, 0.1) is 20.8 Å². The molecular formula is C18H31N3. The molecule has 3 nitrogen and oxygen atoms in total. The highest BCUT2D eigenvalue weighted by Gasteiger charge is 2.42. The molecule has 0 spiro atoms. The molecule has 3 N–H and O–H groups in total. The van der Waals surface area contributed by atoms with E-state index in [9.17, 15) is 0 Å². The number of benzene rings is 1. The average molecular weight is 289 g/mol. The van der Waals surface area contributed by atoms with Gasteiger partial charge in [0.25, 0.3) is 0 Å². The molecule has 1 aromatic rings. The summed E-state index contributed by atoms with van der Waals surface area (Å²) in [5, 5.41) is 0. The summed E-state index contributed by atoms with van der Waals surface area (Å²) in [4.78, 5) is 2.39. The van der Waals surface area contributed by atoms with Crippen LogP contribution in [0.25, 0.3) is 0 Å². The molecule has 21 heavy (non-hydrogen) atoms. The molecule has 0 heterocycles. The van der Waals surface area contributed by atoms with Crippen molar-refractivity contribution in [1.29, 1.82) is 0 Å². The number of hydrogen-bond acceptors (Lipinski definition) is 3. The average Bonchev–Trinajstić information content (AvgIpc) is 2.46. The van der Waals surface area contributed by atoms with Crippen LogP contribution in [-0.4, -0.2) is 24.5 Å². The third kappa shape index (κ3) is 3.01. The molecule has 0 aliphatic heterocycles. The highest BCUT2D eigenvalue weighted by molar-refractivity contribution is 5.39. The van der Waals surface area contributed by atoms with Gasteiger partial charge in [-0.3, -0.25) is 11.3 Å². The van der Waals surface area contributed by atoms with Gasteiger partial charge in [0.2, 0.25) is 0 Å². The minimum absolute atomic E-state index is 0.124. The zero-order valence-electron chi connectivity index (χ0n) is 14.3. The van der Waals surface area contributed by atoms with E-state index >= 15 is 0 Å². The first-order valence-corrected chi connectivity index (χ1v) is 8.13. The van der Waals surface area contributed by atoms with Gasteiger partial charge >= 0.3 is 0 Å². The number of nitrogens with zero attached hydrogens (tertiary/aromatic N) is 1. The molecule has 0 bridgehead atoms. The fourth-order valence-electron chi connectivity index (χ4n) is 3.99. The van der Waals surface area contributed by atoms with Gasteiger partial charge in [-0.1, -0.05) is 31.4 Å². The molecule has 0 amide bonds. The van der Waals surface area contributed by atoms with E-state index in [0.717, 1.165) is 0 Å². The van der Waals surface area contributed by atoms with Crippen LogP contribution >= 0.6 is 0 Å². The number of nitrogens with two attached hydrogens (primary N) is 1. The van der Waals surface area contributed by atoms with Crippen molar-refractivity contribution < 1.29 is 0 Å². The Balaban J connectivity index is 2.48. The summed E-state index contributed by atoms with van der Waals surface area (Å²) in [6.45, 7) is 6.58. The van der Waals surface area contributed by atoms with Crippen molar-refractivity contribution in [3.05, 3.63) is 34.4 Å². The first kappa shape index (κ1) is 16.5. The number of rotatable bonds is 4. The second-order valence-corrected chi connectivity index (χ2v) is 6.95. The van der Waals surface area contributed by atoms with E-state index in [-0.39, 0.29) is 11.6 Å². The fraction of sp³-hybridized carbons (Fsp3) is 0.667. The van der Waals surface area contributed by atoms with Gasteiger partial charge in [-0.2, -0.15) is 0 Å². The van der Waals surface area contributed by atoms with Crippen LogP contribution in [-0.2, 0) is 0 Å². The first-order valence-electron chi connectivity index (χ1n) is 8.13. The summed E-state index contributed by atoms with van der Waals surface area (Å²) in [6.07, 6.45) is 6.35. The molecule has 0 aromatic heterocycles. The van der Waals surface area contributed by atoms with Crippen molar-refractivity contribution in [3.63, 3.8) is 0 Å². The lowest BCUT2D eigenvalue weighted by Gasteiger charge is -2.48. The molecule has 1 aromatic carbocycles. The molecule has 0 radical (unpaired) electrons. The standard InChI is InChI=1S/C18H31N3/c1-13-11-15(3)16(12-14(13)2)17(20-19)18(21(4)5)9-7-6-8-10-18/h11-12,17,20H,6-10,19H2,1-5H3. The van der Waals surface area contributed by atoms with E-state index < -0.39 is 0 Å². The lowest BCUT2D eigenvalue weighted by atomic mass is 9.72. The van der Waals surface area contributed by atoms with Crippen LogP contribution < -0.4 is 11.3 Å². The number of hydrogen-bond donors (Lipinski definition) is 2. The van der Waals surface area contributed by atoms with Crippen LogP contribution in [0.15, 0.2) is 12.1 Å². The third-order valence-corrected chi connectivity index (χ3v) is 5.51. The van der Waals surface area contributed by atoms with Gasteiger partial charge < -0.3 is 4.90 Å². The van der Waals surface area contributed by atoms with E-state index in [1.54, 1.807) is 0 Å². The van der Waals surface area contributed by atoms with E-state index in [1.165, 1.54) is 54.4 Å². The second kappa shape index (κ2) is 6.47. The smallest absolute Gasteiger partial charge is 0.0646 e. The van der Waals surface area contributed by atoms with Crippen LogP contribution in [0.3, 0.4) is 0 Å². The summed E-state index contributed by atoms with van der Waals surface area (Å²) >= 11 is 0. The number of aryl methyl sites for hydroxylation is 3. The molecule has 118 valence electrons. The Labute approximate surface area is 129 Å². The summed E-state index contributed by atoms with van der Waals surface area (Å²) in [5.74, 6) is 6.04. The third-order valence-electron chi connectivity index (χ3n) is 5.51. The van der Waals surface area contributed by atoms with Crippen molar-refractivity contribution >= 4 is 0 Å². The monoisotopic (exact) mass is 289 g/mol. The molecule has 1 aliphatic rings. The molecule has 2 rings (SSSR count). The fourth-order valence-corrected chi connectivity index (χ4v) is 3.99. The molecule has 1 atom stereocenters. The summed E-state index contributed by atoms with van der Waals surface area (Å²) in [5.41, 5.74) is 8.68. The number of likely N-dealkylation sites (N-methyl/N-ethyl adjacent to an activating group) is 1. The SMILES string of the molecule is Cc1cc(C)c(C(NN)C2(N(C)C)CCCCC2)cc1C. The van der Waals surface area contributed by atoms with Crippen molar-refractivity contribution in [2.45, 2.75) is 64.5 Å². The summed E-state index contributed by atoms with van der Waals surface area (Å²) in [7, 11) is 4.40. The Bertz CT molecular complexity index is 487. The van der Waals surface area contributed by atoms with Gasteiger partial charge in [0.05, 0.1) is 6.04 Å². The summed E-state index contributed by atoms with van der Waals surface area (Å²) < 4.78 is 0. The zero-order valence-corrected chi connectivity index (χ0v) is 14.3. The zero-order chi connectivity index (χ0) is 15.6. The Morgan fingerprint density at radius 1 is 1.00 bits per heavy atom. The van der Waals surface area contributed by atoms with Crippen LogP contribution in [0.4, 0.5) is 0 Å². The van der Waals surface area contributed by atoms with Crippen molar-refractivity contribution in [2.75, 3.05) is 14.1 Å². The molecular weight excluding hydrogens is 258 g/mol. The molecule has 1 fully saturated rings. The first-order chi connectivity index (χ1) is 9.92. The van der Waals surface area contributed by atoms with Crippen molar-refractivity contribution in [3.8, 4) is 0 Å². The molecule has 3 heteroatoms. The Hall–Kier alpha value is -0.900. The molecule has 0 saturated heterocycles. The van der Waals surface area contributed by atoms with Crippen LogP contribution in [0.5, 0.6) is 0 Å². The van der Waals surface area contributed by atoms with Gasteiger partial charge in [0, 0.05) is 5.54 Å². The Morgan fingerprint density at radius 2 is 1.57 bits per heavy atom. The maximum absolute atomic E-state index is 6.04. The maximum Gasteiger partial charge on any atom is 0.0646 e. The summed E-state index contributed by atoms with van der Waals surface area (Å²) in [6, 6.07) is 4.81. The van der Waals surface area contributed by atoms with Crippen LogP contribution in [0.2, 0.25) is 0 Å².